The van der Waals surface area contributed by atoms with E-state index < -0.39 is 18.1 Å². The summed E-state index contributed by atoms with van der Waals surface area (Å²) in [5.41, 5.74) is 2.17. The number of aromatic nitrogens is 1. The van der Waals surface area contributed by atoms with Crippen LogP contribution in [-0.4, -0.2) is 52.1 Å². The maximum atomic E-state index is 10.2. The van der Waals surface area contributed by atoms with Gasteiger partial charge in [-0.1, -0.05) is 12.1 Å². The molecule has 7 heteroatoms. The lowest BCUT2D eigenvalue weighted by molar-refractivity contribution is -0.101. The van der Waals surface area contributed by atoms with Gasteiger partial charge in [0, 0.05) is 11.8 Å². The molecule has 1 unspecified atom stereocenters. The van der Waals surface area contributed by atoms with Crippen molar-refractivity contribution >= 4 is 5.69 Å². The molecular formula is C19H22N2O5. The van der Waals surface area contributed by atoms with E-state index in [-0.39, 0.29) is 12.6 Å². The van der Waals surface area contributed by atoms with Gasteiger partial charge in [0.2, 0.25) is 6.41 Å². The first-order valence-electron chi connectivity index (χ1n) is 8.57. The molecule has 3 heterocycles. The molecule has 138 valence electrons. The van der Waals surface area contributed by atoms with Gasteiger partial charge < -0.3 is 29.7 Å². The second kappa shape index (κ2) is 6.21. The van der Waals surface area contributed by atoms with Crippen LogP contribution in [0, 0.1) is 0 Å². The Hall–Kier alpha value is -2.19. The quantitative estimate of drug-likeness (QED) is 0.759. The van der Waals surface area contributed by atoms with Gasteiger partial charge in [-0.25, -0.2) is 0 Å². The lowest BCUT2D eigenvalue weighted by atomic mass is 10.0. The second-order valence-electron chi connectivity index (χ2n) is 7.14. The van der Waals surface area contributed by atoms with Crippen LogP contribution in [0.25, 0.3) is 11.1 Å². The molecule has 0 bridgehead atoms. The first kappa shape index (κ1) is 17.2. The number of aliphatic hydroxyl groups excluding tert-OH is 2. The Morgan fingerprint density at radius 1 is 1.23 bits per heavy atom. The van der Waals surface area contributed by atoms with Crippen molar-refractivity contribution in [1.82, 2.24) is 4.98 Å². The highest BCUT2D eigenvalue weighted by molar-refractivity contribution is 5.72. The molecule has 0 aliphatic carbocycles. The number of aliphatic hydroxyl groups is 3. The summed E-state index contributed by atoms with van der Waals surface area (Å²) >= 11 is 0. The van der Waals surface area contributed by atoms with E-state index >= 15 is 0 Å². The molecule has 1 fully saturated rings. The van der Waals surface area contributed by atoms with Crippen molar-refractivity contribution < 1.29 is 24.8 Å². The molecule has 4 rings (SSSR count). The molecule has 1 aromatic carbocycles. The summed E-state index contributed by atoms with van der Waals surface area (Å²) in [6.45, 7) is 3.55. The third kappa shape index (κ3) is 2.83. The number of ether oxygens (including phenoxy) is 2. The zero-order valence-corrected chi connectivity index (χ0v) is 14.7. The van der Waals surface area contributed by atoms with E-state index in [0.717, 1.165) is 16.8 Å². The Labute approximate surface area is 151 Å². The van der Waals surface area contributed by atoms with Crippen molar-refractivity contribution in [2.45, 2.75) is 38.0 Å². The van der Waals surface area contributed by atoms with Gasteiger partial charge in [0.25, 0.3) is 0 Å². The zero-order valence-electron chi connectivity index (χ0n) is 14.7. The van der Waals surface area contributed by atoms with Crippen LogP contribution in [0.15, 0.2) is 36.5 Å². The third-order valence-electron chi connectivity index (χ3n) is 4.87. The van der Waals surface area contributed by atoms with Crippen molar-refractivity contribution in [2.24, 2.45) is 0 Å². The normalized spacial score (nSPS) is 24.8. The first-order chi connectivity index (χ1) is 12.4. The molecule has 2 aliphatic heterocycles. The standard InChI is InChI=1S/C19H22N2O5/c1-19(2,24)17-6-4-12(8-20-17)11-3-5-13-15(7-11)25-10-14-16(9-22)26-18(23)21(13)14/h3-8,14,16,18,22-24H,9-10H2,1-2H3/t14-,16-,18?/m0/s1. The number of hydrogen-bond acceptors (Lipinski definition) is 7. The first-order valence-corrected chi connectivity index (χ1v) is 8.57. The number of benzene rings is 1. The number of hydrogen-bond donors (Lipinski definition) is 3. The Kier molecular flexibility index (Phi) is 4.11. The number of pyridine rings is 1. The van der Waals surface area contributed by atoms with Gasteiger partial charge in [-0.05, 0) is 37.6 Å². The van der Waals surface area contributed by atoms with Crippen LogP contribution in [-0.2, 0) is 10.3 Å². The molecule has 2 aliphatic rings. The summed E-state index contributed by atoms with van der Waals surface area (Å²) in [5.74, 6) is 0.645. The van der Waals surface area contributed by atoms with Gasteiger partial charge in [0.15, 0.2) is 0 Å². The fourth-order valence-electron chi connectivity index (χ4n) is 3.43. The monoisotopic (exact) mass is 358 g/mol. The van der Waals surface area contributed by atoms with Crippen molar-refractivity contribution in [3.63, 3.8) is 0 Å². The number of fused-ring (bicyclic) bond motifs is 3. The molecular weight excluding hydrogens is 336 g/mol. The highest BCUT2D eigenvalue weighted by Crippen LogP contribution is 2.41. The van der Waals surface area contributed by atoms with Gasteiger partial charge in [-0.3, -0.25) is 4.98 Å². The van der Waals surface area contributed by atoms with E-state index in [4.69, 9.17) is 9.47 Å². The molecule has 7 nitrogen and oxygen atoms in total. The molecule has 26 heavy (non-hydrogen) atoms. The van der Waals surface area contributed by atoms with Crippen LogP contribution in [0.4, 0.5) is 5.69 Å². The maximum absolute atomic E-state index is 10.2. The SMILES string of the molecule is CC(C)(O)c1ccc(-c2ccc3c(c2)OC[C@H]2[C@H](CO)OC(O)N32)cn1. The number of nitrogens with zero attached hydrogens (tertiary/aromatic N) is 2. The van der Waals surface area contributed by atoms with E-state index in [9.17, 15) is 15.3 Å². The topological polar surface area (TPSA) is 95.3 Å². The summed E-state index contributed by atoms with van der Waals surface area (Å²) in [4.78, 5) is 6.07. The van der Waals surface area contributed by atoms with Crippen molar-refractivity contribution in [3.8, 4) is 16.9 Å². The third-order valence-corrected chi connectivity index (χ3v) is 4.87. The van der Waals surface area contributed by atoms with Crippen LogP contribution >= 0.6 is 0 Å². The summed E-state index contributed by atoms with van der Waals surface area (Å²) in [5, 5.41) is 29.6. The number of anilines is 1. The zero-order chi connectivity index (χ0) is 18.5. The van der Waals surface area contributed by atoms with Gasteiger partial charge >= 0.3 is 0 Å². The van der Waals surface area contributed by atoms with Crippen LogP contribution in [0.2, 0.25) is 0 Å². The molecule has 3 N–H and O–H groups in total. The van der Waals surface area contributed by atoms with E-state index in [1.54, 1.807) is 31.0 Å². The molecule has 1 aromatic heterocycles. The lowest BCUT2D eigenvalue weighted by Gasteiger charge is -2.34. The second-order valence-corrected chi connectivity index (χ2v) is 7.14. The lowest BCUT2D eigenvalue weighted by Crippen LogP contribution is -2.46. The maximum Gasteiger partial charge on any atom is 0.238 e. The Morgan fingerprint density at radius 2 is 2.00 bits per heavy atom. The van der Waals surface area contributed by atoms with E-state index in [2.05, 4.69) is 4.98 Å². The van der Waals surface area contributed by atoms with Crippen molar-refractivity contribution in [2.75, 3.05) is 18.1 Å². The summed E-state index contributed by atoms with van der Waals surface area (Å²) in [6, 6.07) is 9.17. The van der Waals surface area contributed by atoms with Crippen LogP contribution < -0.4 is 9.64 Å². The molecule has 1 saturated heterocycles. The minimum absolute atomic E-state index is 0.172. The average Bonchev–Trinajstić information content (AvgIpc) is 2.97. The summed E-state index contributed by atoms with van der Waals surface area (Å²) in [7, 11) is 0. The van der Waals surface area contributed by atoms with E-state index in [0.29, 0.717) is 18.1 Å². The predicted octanol–water partition coefficient (Wildman–Crippen LogP) is 1.21. The van der Waals surface area contributed by atoms with E-state index in [1.807, 2.05) is 24.3 Å². The van der Waals surface area contributed by atoms with Gasteiger partial charge in [-0.15, -0.1) is 0 Å². The van der Waals surface area contributed by atoms with Gasteiger partial charge in [0.05, 0.1) is 24.0 Å². The number of rotatable bonds is 3. The minimum Gasteiger partial charge on any atom is -0.489 e. The van der Waals surface area contributed by atoms with Crippen molar-refractivity contribution in [1.29, 1.82) is 0 Å². The van der Waals surface area contributed by atoms with Gasteiger partial charge in [0.1, 0.15) is 24.1 Å². The van der Waals surface area contributed by atoms with E-state index in [1.165, 1.54) is 0 Å². The van der Waals surface area contributed by atoms with Crippen LogP contribution in [0.3, 0.4) is 0 Å². The highest BCUT2D eigenvalue weighted by atomic mass is 16.7. The largest absolute Gasteiger partial charge is 0.489 e. The molecule has 0 amide bonds. The summed E-state index contributed by atoms with van der Waals surface area (Å²) < 4.78 is 11.2. The molecule has 0 spiro atoms. The smallest absolute Gasteiger partial charge is 0.238 e. The summed E-state index contributed by atoms with van der Waals surface area (Å²) in [6.07, 6.45) is 0.144. The minimum atomic E-state index is -1.10. The highest BCUT2D eigenvalue weighted by Gasteiger charge is 2.45. The fourth-order valence-corrected chi connectivity index (χ4v) is 3.43. The Bertz CT molecular complexity index is 803. The predicted molar refractivity (Wildman–Crippen MR) is 94.6 cm³/mol. The molecule has 0 saturated carbocycles. The Morgan fingerprint density at radius 3 is 2.65 bits per heavy atom. The van der Waals surface area contributed by atoms with Crippen LogP contribution in [0.1, 0.15) is 19.5 Å². The Balaban J connectivity index is 1.65. The molecule has 0 radical (unpaired) electrons. The fraction of sp³-hybridized carbons (Fsp3) is 0.421. The average molecular weight is 358 g/mol. The van der Waals surface area contributed by atoms with Crippen LogP contribution in [0.5, 0.6) is 5.75 Å². The molecule has 3 atom stereocenters. The van der Waals surface area contributed by atoms with Crippen molar-refractivity contribution in [3.05, 3.63) is 42.2 Å². The molecule has 2 aromatic rings. The van der Waals surface area contributed by atoms with Gasteiger partial charge in [-0.2, -0.15) is 0 Å².